The zero-order chi connectivity index (χ0) is 24.4. The number of ether oxygens (including phenoxy) is 3. The molecule has 10 nitrogen and oxygen atoms in total. The lowest BCUT2D eigenvalue weighted by molar-refractivity contribution is -0.160. The molecule has 182 valence electrons. The zero-order valence-electron chi connectivity index (χ0n) is 19.3. The Labute approximate surface area is 201 Å². The van der Waals surface area contributed by atoms with Crippen molar-refractivity contribution in [3.63, 3.8) is 0 Å². The molecular weight excluding hydrogens is 452 g/mol. The molecule has 0 atom stereocenters. The second-order valence-corrected chi connectivity index (χ2v) is 8.45. The van der Waals surface area contributed by atoms with Gasteiger partial charge in [-0.3, -0.25) is 19.4 Å². The number of nitrogens with one attached hydrogen (secondary N) is 2. The number of aromatic nitrogens is 1. The number of aryl methyl sites for hydroxylation is 1. The Bertz CT molecular complexity index is 1290. The zero-order valence-corrected chi connectivity index (χ0v) is 19.3. The summed E-state index contributed by atoms with van der Waals surface area (Å²) in [5, 5.41) is 6.61. The molecule has 0 bridgehead atoms. The van der Waals surface area contributed by atoms with Crippen LogP contribution in [-0.4, -0.2) is 65.8 Å². The van der Waals surface area contributed by atoms with E-state index in [1.54, 1.807) is 18.2 Å². The van der Waals surface area contributed by atoms with E-state index in [0.29, 0.717) is 36.7 Å². The van der Waals surface area contributed by atoms with Crippen molar-refractivity contribution in [1.82, 2.24) is 15.0 Å². The number of H-pyrrole nitrogens is 1. The van der Waals surface area contributed by atoms with E-state index in [4.69, 9.17) is 14.2 Å². The maximum absolute atomic E-state index is 13.1. The number of aromatic amines is 1. The van der Waals surface area contributed by atoms with E-state index in [9.17, 15) is 14.4 Å². The highest BCUT2D eigenvalue weighted by Crippen LogP contribution is 2.34. The van der Waals surface area contributed by atoms with Crippen LogP contribution in [0.3, 0.4) is 0 Å². The van der Waals surface area contributed by atoms with Gasteiger partial charge in [0.25, 0.3) is 5.91 Å². The van der Waals surface area contributed by atoms with E-state index in [1.165, 1.54) is 10.0 Å². The first-order valence-corrected chi connectivity index (χ1v) is 11.4. The molecule has 10 heteroatoms. The summed E-state index contributed by atoms with van der Waals surface area (Å²) in [4.78, 5) is 41.3. The summed E-state index contributed by atoms with van der Waals surface area (Å²) >= 11 is 0. The molecule has 5 rings (SSSR count). The van der Waals surface area contributed by atoms with Crippen molar-refractivity contribution < 1.29 is 28.6 Å². The standard InChI is InChI=1S/C25H26N4O6/c1-16-19(18-5-2-3-6-20(18)26-16)12-24(31)28-9-4-10-29(28)25(32)14-33-13-23(30)27-17-7-8-21-22(11-17)35-15-34-21/h2-3,5-8,11,26H,4,9-10,12-15H2,1H3,(H,27,30). The normalized spacial score (nSPS) is 14.5. The predicted molar refractivity (Wildman–Crippen MR) is 127 cm³/mol. The molecule has 2 aliphatic heterocycles. The third-order valence-corrected chi connectivity index (χ3v) is 6.08. The minimum atomic E-state index is -0.402. The van der Waals surface area contributed by atoms with Gasteiger partial charge in [-0.05, 0) is 37.1 Å². The lowest BCUT2D eigenvalue weighted by atomic mass is 10.1. The van der Waals surface area contributed by atoms with Gasteiger partial charge < -0.3 is 24.5 Å². The molecule has 0 spiro atoms. The van der Waals surface area contributed by atoms with Crippen molar-refractivity contribution in [2.45, 2.75) is 19.8 Å². The van der Waals surface area contributed by atoms with Crippen LogP contribution in [-0.2, 0) is 25.5 Å². The van der Waals surface area contributed by atoms with Crippen molar-refractivity contribution in [2.24, 2.45) is 0 Å². The van der Waals surface area contributed by atoms with Gasteiger partial charge >= 0.3 is 0 Å². The highest BCUT2D eigenvalue weighted by Gasteiger charge is 2.31. The largest absolute Gasteiger partial charge is 0.454 e. The molecule has 1 aromatic heterocycles. The Morgan fingerprint density at radius 2 is 1.77 bits per heavy atom. The van der Waals surface area contributed by atoms with Crippen LogP contribution in [0.4, 0.5) is 5.69 Å². The van der Waals surface area contributed by atoms with Crippen molar-refractivity contribution in [3.05, 3.63) is 53.7 Å². The number of para-hydroxylation sites is 1. The number of rotatable bonds is 7. The van der Waals surface area contributed by atoms with Crippen LogP contribution in [0, 0.1) is 6.92 Å². The molecule has 35 heavy (non-hydrogen) atoms. The van der Waals surface area contributed by atoms with Crippen LogP contribution in [0.1, 0.15) is 17.7 Å². The fourth-order valence-electron chi connectivity index (χ4n) is 4.41. The van der Waals surface area contributed by atoms with Crippen LogP contribution >= 0.6 is 0 Å². The minimum absolute atomic E-state index is 0.148. The summed E-state index contributed by atoms with van der Waals surface area (Å²) in [5.41, 5.74) is 3.39. The summed E-state index contributed by atoms with van der Waals surface area (Å²) in [6, 6.07) is 12.9. The van der Waals surface area contributed by atoms with Gasteiger partial charge in [-0.25, -0.2) is 5.01 Å². The average molecular weight is 479 g/mol. The number of hydrogen-bond acceptors (Lipinski definition) is 6. The van der Waals surface area contributed by atoms with E-state index >= 15 is 0 Å². The van der Waals surface area contributed by atoms with Gasteiger partial charge in [0.2, 0.25) is 18.6 Å². The fraction of sp³-hybridized carbons (Fsp3) is 0.320. The number of hydrazine groups is 1. The second kappa shape index (κ2) is 9.67. The van der Waals surface area contributed by atoms with Crippen molar-refractivity contribution in [3.8, 4) is 11.5 Å². The van der Waals surface area contributed by atoms with E-state index in [-0.39, 0.29) is 38.2 Å². The molecule has 3 amide bonds. The first-order valence-electron chi connectivity index (χ1n) is 11.4. The maximum Gasteiger partial charge on any atom is 0.267 e. The summed E-state index contributed by atoms with van der Waals surface area (Å²) in [6.07, 6.45) is 0.882. The van der Waals surface area contributed by atoms with E-state index in [0.717, 1.165) is 22.2 Å². The lowest BCUT2D eigenvalue weighted by Crippen LogP contribution is -2.47. The fourth-order valence-corrected chi connectivity index (χ4v) is 4.41. The van der Waals surface area contributed by atoms with E-state index in [1.807, 2.05) is 31.2 Å². The number of anilines is 1. The molecular formula is C25H26N4O6. The van der Waals surface area contributed by atoms with Gasteiger partial charge in [0.1, 0.15) is 13.2 Å². The van der Waals surface area contributed by atoms with Crippen molar-refractivity contribution in [1.29, 1.82) is 0 Å². The Balaban J connectivity index is 1.13. The Morgan fingerprint density at radius 1 is 1.00 bits per heavy atom. The van der Waals surface area contributed by atoms with Crippen LogP contribution in [0.2, 0.25) is 0 Å². The summed E-state index contributed by atoms with van der Waals surface area (Å²) < 4.78 is 15.9. The molecule has 2 aromatic carbocycles. The van der Waals surface area contributed by atoms with Crippen LogP contribution in [0.25, 0.3) is 10.9 Å². The van der Waals surface area contributed by atoms with E-state index < -0.39 is 5.91 Å². The monoisotopic (exact) mass is 478 g/mol. The molecule has 0 aliphatic carbocycles. The molecule has 3 aromatic rings. The van der Waals surface area contributed by atoms with Crippen LogP contribution in [0.15, 0.2) is 42.5 Å². The first kappa shape index (κ1) is 22.7. The third kappa shape index (κ3) is 4.78. The predicted octanol–water partition coefficient (Wildman–Crippen LogP) is 2.38. The summed E-state index contributed by atoms with van der Waals surface area (Å²) in [5.74, 6) is 0.266. The third-order valence-electron chi connectivity index (χ3n) is 6.08. The van der Waals surface area contributed by atoms with Crippen molar-refractivity contribution >= 4 is 34.3 Å². The molecule has 0 unspecified atom stereocenters. The van der Waals surface area contributed by atoms with Crippen molar-refractivity contribution in [2.75, 3.05) is 38.4 Å². The number of hydrogen-bond donors (Lipinski definition) is 2. The van der Waals surface area contributed by atoms with Gasteiger partial charge in [-0.15, -0.1) is 0 Å². The Hall–Kier alpha value is -4.05. The quantitative estimate of drug-likeness (QED) is 0.539. The van der Waals surface area contributed by atoms with E-state index in [2.05, 4.69) is 10.3 Å². The molecule has 0 saturated carbocycles. The smallest absolute Gasteiger partial charge is 0.267 e. The molecule has 2 N–H and O–H groups in total. The number of benzene rings is 2. The number of fused-ring (bicyclic) bond motifs is 2. The molecule has 3 heterocycles. The summed E-state index contributed by atoms with van der Waals surface area (Å²) in [7, 11) is 0. The molecule has 0 radical (unpaired) electrons. The molecule has 2 aliphatic rings. The van der Waals surface area contributed by atoms with Crippen LogP contribution in [0.5, 0.6) is 11.5 Å². The SMILES string of the molecule is Cc1[nH]c2ccccc2c1CC(=O)N1CCCN1C(=O)COCC(=O)Nc1ccc2c(c1)OCO2. The highest BCUT2D eigenvalue weighted by atomic mass is 16.7. The minimum Gasteiger partial charge on any atom is -0.454 e. The van der Waals surface area contributed by atoms with Crippen LogP contribution < -0.4 is 14.8 Å². The van der Waals surface area contributed by atoms with Gasteiger partial charge in [-0.2, -0.15) is 0 Å². The van der Waals surface area contributed by atoms with Gasteiger partial charge in [-0.1, -0.05) is 18.2 Å². The molecule has 1 saturated heterocycles. The maximum atomic E-state index is 13.1. The van der Waals surface area contributed by atoms with Gasteiger partial charge in [0, 0.05) is 41.4 Å². The number of amides is 3. The average Bonchev–Trinajstić information content (AvgIpc) is 3.58. The lowest BCUT2D eigenvalue weighted by Gasteiger charge is -2.28. The second-order valence-electron chi connectivity index (χ2n) is 8.45. The number of carbonyl (C=O) groups excluding carboxylic acids is 3. The topological polar surface area (TPSA) is 113 Å². The number of nitrogens with zero attached hydrogens (tertiary/aromatic N) is 2. The Kier molecular flexibility index (Phi) is 6.28. The van der Waals surface area contributed by atoms with Gasteiger partial charge in [0.05, 0.1) is 6.42 Å². The number of carbonyl (C=O) groups is 3. The highest BCUT2D eigenvalue weighted by molar-refractivity contribution is 5.93. The summed E-state index contributed by atoms with van der Waals surface area (Å²) in [6.45, 7) is 2.40. The first-order chi connectivity index (χ1) is 17.0. The van der Waals surface area contributed by atoms with Gasteiger partial charge in [0.15, 0.2) is 11.5 Å². The Morgan fingerprint density at radius 3 is 2.63 bits per heavy atom. The molecule has 1 fully saturated rings.